The van der Waals surface area contributed by atoms with Crippen LogP contribution >= 0.6 is 0 Å². The van der Waals surface area contributed by atoms with Gasteiger partial charge in [-0.1, -0.05) is 186 Å². The van der Waals surface area contributed by atoms with E-state index in [1.165, 1.54) is 122 Å². The van der Waals surface area contributed by atoms with E-state index in [1.807, 2.05) is 0 Å². The molecule has 0 amide bonds. The fourth-order valence-corrected chi connectivity index (χ4v) is 10.3. The summed E-state index contributed by atoms with van der Waals surface area (Å²) in [6.07, 6.45) is 5.69. The van der Waals surface area contributed by atoms with Crippen LogP contribution in [0.1, 0.15) is 89.0 Å². The third kappa shape index (κ3) is 7.62. The molecule has 0 saturated heterocycles. The summed E-state index contributed by atoms with van der Waals surface area (Å²) in [7, 11) is 0. The summed E-state index contributed by atoms with van der Waals surface area (Å²) in [5.74, 6) is 4.90. The highest BCUT2D eigenvalue weighted by molar-refractivity contribution is 6.91. The third-order valence-corrected chi connectivity index (χ3v) is 12.1. The van der Waals surface area contributed by atoms with Crippen molar-refractivity contribution in [2.75, 3.05) is 0 Å². The zero-order valence-electron chi connectivity index (χ0n) is 35.3. The van der Waals surface area contributed by atoms with E-state index < -0.39 is 0 Å². The number of benzene rings is 6. The number of fused-ring (bicyclic) bond motifs is 3. The fraction of sp³-hybridized carbons (Fsp3) is 0.245. The standard InChI is InChI=1S/C53H56B2/c1-32-21-36(5)50(37(6)22-32)54(51-38(7)23-33(2)24-39(51)8)19-17-44-13-15-48-46(29-44)31-47-30-45(14-16-49(47)48)18-20-55(52-40(9)25-34(3)26-41(52)10)53-42(11)27-35(4)28-43(53)12/h13-30H,31H2,1-12H3/b19-17+,20-18+. The topological polar surface area (TPSA) is 0 Å². The molecule has 1 aliphatic carbocycles. The summed E-state index contributed by atoms with van der Waals surface area (Å²) in [4.78, 5) is 0. The Morgan fingerprint density at radius 1 is 0.345 bits per heavy atom. The van der Waals surface area contributed by atoms with E-state index in [-0.39, 0.29) is 13.4 Å². The smallest absolute Gasteiger partial charge is 0.105 e. The first-order valence-electron chi connectivity index (χ1n) is 20.1. The number of aryl methyl sites for hydroxylation is 12. The van der Waals surface area contributed by atoms with Gasteiger partial charge in [-0.25, -0.2) is 0 Å². The summed E-state index contributed by atoms with van der Waals surface area (Å²) in [5.41, 5.74) is 30.0. The molecule has 274 valence electrons. The van der Waals surface area contributed by atoms with Crippen LogP contribution in [0.25, 0.3) is 23.3 Å². The number of rotatable bonds is 8. The van der Waals surface area contributed by atoms with Crippen molar-refractivity contribution in [1.82, 2.24) is 0 Å². The molecule has 55 heavy (non-hydrogen) atoms. The van der Waals surface area contributed by atoms with Crippen LogP contribution in [0.2, 0.25) is 0 Å². The Morgan fingerprint density at radius 3 is 0.855 bits per heavy atom. The van der Waals surface area contributed by atoms with Crippen LogP contribution in [0.4, 0.5) is 0 Å². The average Bonchev–Trinajstić information content (AvgIpc) is 3.44. The number of hydrogen-bond donors (Lipinski definition) is 0. The minimum absolute atomic E-state index is 0.185. The van der Waals surface area contributed by atoms with Crippen molar-refractivity contribution in [2.45, 2.75) is 89.5 Å². The molecular formula is C53H56B2. The van der Waals surface area contributed by atoms with Crippen LogP contribution in [-0.2, 0) is 6.42 Å². The molecule has 2 heteroatoms. The Bertz CT molecular complexity index is 2160. The summed E-state index contributed by atoms with van der Waals surface area (Å²) >= 11 is 0. The Balaban J connectivity index is 1.21. The monoisotopic (exact) mass is 714 g/mol. The number of hydrogen-bond acceptors (Lipinski definition) is 0. The Kier molecular flexibility index (Phi) is 10.6. The molecule has 6 aromatic carbocycles. The first-order valence-corrected chi connectivity index (χ1v) is 20.1. The van der Waals surface area contributed by atoms with E-state index in [1.54, 1.807) is 0 Å². The van der Waals surface area contributed by atoms with Crippen molar-refractivity contribution in [3.63, 3.8) is 0 Å². The Morgan fingerprint density at radius 2 is 0.600 bits per heavy atom. The molecule has 0 aliphatic heterocycles. The summed E-state index contributed by atoms with van der Waals surface area (Å²) < 4.78 is 0. The molecule has 0 atom stereocenters. The summed E-state index contributed by atoms with van der Waals surface area (Å²) in [6.45, 7) is 27.4. The molecule has 0 radical (unpaired) electrons. The highest BCUT2D eigenvalue weighted by Gasteiger charge is 2.26. The van der Waals surface area contributed by atoms with E-state index >= 15 is 0 Å². The second-order valence-corrected chi connectivity index (χ2v) is 16.9. The molecule has 0 aromatic heterocycles. The zero-order chi connectivity index (χ0) is 39.3. The van der Waals surface area contributed by atoms with Crippen LogP contribution < -0.4 is 21.9 Å². The van der Waals surface area contributed by atoms with Gasteiger partial charge < -0.3 is 0 Å². The van der Waals surface area contributed by atoms with Gasteiger partial charge in [-0.3, -0.25) is 0 Å². The van der Waals surface area contributed by atoms with Crippen LogP contribution in [0, 0.1) is 83.1 Å². The molecule has 0 bridgehead atoms. The van der Waals surface area contributed by atoms with Gasteiger partial charge in [0.15, 0.2) is 0 Å². The second-order valence-electron chi connectivity index (χ2n) is 16.9. The van der Waals surface area contributed by atoms with E-state index in [0.29, 0.717) is 0 Å². The predicted molar refractivity (Wildman–Crippen MR) is 245 cm³/mol. The third-order valence-electron chi connectivity index (χ3n) is 12.1. The first-order chi connectivity index (χ1) is 26.2. The van der Waals surface area contributed by atoms with E-state index in [9.17, 15) is 0 Å². The maximum Gasteiger partial charge on any atom is 0.235 e. The maximum absolute atomic E-state index is 2.45. The molecule has 0 nitrogen and oxygen atoms in total. The van der Waals surface area contributed by atoms with Crippen molar-refractivity contribution in [3.05, 3.63) is 186 Å². The first kappa shape index (κ1) is 38.2. The Hall–Kier alpha value is -5.07. The van der Waals surface area contributed by atoms with Gasteiger partial charge in [0.2, 0.25) is 13.4 Å². The van der Waals surface area contributed by atoms with Gasteiger partial charge in [0.05, 0.1) is 0 Å². The van der Waals surface area contributed by atoms with E-state index in [0.717, 1.165) is 6.42 Å². The molecule has 7 rings (SSSR count). The lowest BCUT2D eigenvalue weighted by atomic mass is 9.37. The highest BCUT2D eigenvalue weighted by atomic mass is 14.2. The lowest BCUT2D eigenvalue weighted by molar-refractivity contribution is 1.26. The van der Waals surface area contributed by atoms with Crippen molar-refractivity contribution in [2.24, 2.45) is 0 Å². The molecule has 6 aromatic rings. The highest BCUT2D eigenvalue weighted by Crippen LogP contribution is 2.38. The van der Waals surface area contributed by atoms with Crippen molar-refractivity contribution in [3.8, 4) is 11.1 Å². The largest absolute Gasteiger partial charge is 0.235 e. The Labute approximate surface area is 332 Å². The summed E-state index contributed by atoms with van der Waals surface area (Å²) in [6, 6.07) is 32.9. The normalized spacial score (nSPS) is 12.1. The summed E-state index contributed by atoms with van der Waals surface area (Å²) in [5, 5.41) is 0. The van der Waals surface area contributed by atoms with Gasteiger partial charge in [-0.2, -0.15) is 0 Å². The predicted octanol–water partition coefficient (Wildman–Crippen LogP) is 10.7. The van der Waals surface area contributed by atoms with Crippen LogP contribution in [0.15, 0.2) is 96.9 Å². The van der Waals surface area contributed by atoms with Crippen molar-refractivity contribution < 1.29 is 0 Å². The van der Waals surface area contributed by atoms with Crippen LogP contribution in [0.5, 0.6) is 0 Å². The van der Waals surface area contributed by atoms with Crippen molar-refractivity contribution in [1.29, 1.82) is 0 Å². The zero-order valence-corrected chi connectivity index (χ0v) is 35.3. The quantitative estimate of drug-likeness (QED) is 0.138. The van der Waals surface area contributed by atoms with Crippen LogP contribution in [0.3, 0.4) is 0 Å². The molecule has 0 heterocycles. The molecule has 0 spiro atoms. The van der Waals surface area contributed by atoms with Gasteiger partial charge in [0.1, 0.15) is 0 Å². The molecule has 0 saturated carbocycles. The fourth-order valence-electron chi connectivity index (χ4n) is 10.3. The average molecular weight is 715 g/mol. The molecule has 1 aliphatic rings. The van der Waals surface area contributed by atoms with E-state index in [2.05, 4.69) is 192 Å². The SMILES string of the molecule is Cc1cc(C)c(B(/C=C/c2ccc3c(c2)Cc2cc(/C=C/B(c4c(C)cc(C)cc4C)c4c(C)cc(C)cc4C)ccc2-3)c2c(C)cc(C)cc2C)c(C)c1. The van der Waals surface area contributed by atoms with Crippen molar-refractivity contribution >= 4 is 47.4 Å². The molecular weight excluding hydrogens is 658 g/mol. The van der Waals surface area contributed by atoms with Gasteiger partial charge in [0.25, 0.3) is 0 Å². The lowest BCUT2D eigenvalue weighted by Gasteiger charge is -2.22. The maximum atomic E-state index is 2.45. The molecule has 0 N–H and O–H groups in total. The minimum atomic E-state index is 0.185. The van der Waals surface area contributed by atoms with Gasteiger partial charge >= 0.3 is 0 Å². The molecule has 0 fully saturated rings. The lowest BCUT2D eigenvalue weighted by Crippen LogP contribution is -2.46. The van der Waals surface area contributed by atoms with E-state index in [4.69, 9.17) is 0 Å². The van der Waals surface area contributed by atoms with Gasteiger partial charge in [-0.05, 0) is 123 Å². The molecule has 0 unspecified atom stereocenters. The van der Waals surface area contributed by atoms with Gasteiger partial charge in [-0.15, -0.1) is 12.0 Å². The van der Waals surface area contributed by atoms with Gasteiger partial charge in [0, 0.05) is 0 Å². The minimum Gasteiger partial charge on any atom is -0.105 e. The second kappa shape index (κ2) is 15.2. The van der Waals surface area contributed by atoms with Crippen LogP contribution in [-0.4, -0.2) is 13.4 Å².